The summed E-state index contributed by atoms with van der Waals surface area (Å²) in [6.07, 6.45) is 0. The first-order chi connectivity index (χ1) is 12.4. The highest BCUT2D eigenvalue weighted by atomic mass is 35.5. The predicted molar refractivity (Wildman–Crippen MR) is 103 cm³/mol. The number of hydrogen-bond acceptors (Lipinski definition) is 2. The van der Waals surface area contributed by atoms with E-state index in [2.05, 4.69) is 16.0 Å². The number of carbonyl (C=O) groups is 2. The quantitative estimate of drug-likeness (QED) is 0.757. The molecule has 1 atom stereocenters. The zero-order valence-corrected chi connectivity index (χ0v) is 15.6. The number of nitrogens with one attached hydrogen (secondary N) is 3. The summed E-state index contributed by atoms with van der Waals surface area (Å²) in [5.74, 6) is -0.261. The van der Waals surface area contributed by atoms with Gasteiger partial charge in [0.2, 0.25) is 0 Å². The maximum Gasteiger partial charge on any atom is 0.319 e. The summed E-state index contributed by atoms with van der Waals surface area (Å²) >= 11 is 5.96. The molecule has 0 fully saturated rings. The van der Waals surface area contributed by atoms with Gasteiger partial charge in [-0.1, -0.05) is 35.9 Å². The number of halogens is 1. The van der Waals surface area contributed by atoms with Crippen molar-refractivity contribution in [2.24, 2.45) is 0 Å². The summed E-state index contributed by atoms with van der Waals surface area (Å²) in [6.45, 7) is 5.68. The van der Waals surface area contributed by atoms with Gasteiger partial charge < -0.3 is 16.0 Å². The van der Waals surface area contributed by atoms with Gasteiger partial charge >= 0.3 is 6.03 Å². The zero-order chi connectivity index (χ0) is 18.8. The highest BCUT2D eigenvalue weighted by Gasteiger charge is 2.31. The molecule has 0 aromatic heterocycles. The van der Waals surface area contributed by atoms with Gasteiger partial charge in [-0.2, -0.15) is 0 Å². The highest BCUT2D eigenvalue weighted by Crippen LogP contribution is 2.29. The molecule has 3 N–H and O–H groups in total. The van der Waals surface area contributed by atoms with Crippen molar-refractivity contribution in [3.8, 4) is 0 Å². The Morgan fingerprint density at radius 3 is 2.46 bits per heavy atom. The van der Waals surface area contributed by atoms with Crippen LogP contribution in [-0.4, -0.2) is 11.9 Å². The molecule has 0 saturated carbocycles. The van der Waals surface area contributed by atoms with Crippen molar-refractivity contribution < 1.29 is 9.59 Å². The topological polar surface area (TPSA) is 70.2 Å². The molecule has 2 aromatic rings. The second-order valence-electron chi connectivity index (χ2n) is 6.32. The number of hydrogen-bond donors (Lipinski definition) is 3. The van der Waals surface area contributed by atoms with Gasteiger partial charge in [-0.05, 0) is 55.7 Å². The van der Waals surface area contributed by atoms with E-state index >= 15 is 0 Å². The lowest BCUT2D eigenvalue weighted by Crippen LogP contribution is -2.46. The van der Waals surface area contributed by atoms with Crippen LogP contribution in [0.4, 0.5) is 10.5 Å². The van der Waals surface area contributed by atoms with Crippen molar-refractivity contribution in [2.75, 3.05) is 5.32 Å². The molecule has 1 heterocycles. The van der Waals surface area contributed by atoms with Crippen LogP contribution in [0.15, 0.2) is 53.7 Å². The average molecular weight is 370 g/mol. The van der Waals surface area contributed by atoms with E-state index in [1.165, 1.54) is 0 Å². The largest absolute Gasteiger partial charge is 0.327 e. The Kier molecular flexibility index (Phi) is 5.00. The van der Waals surface area contributed by atoms with E-state index in [0.29, 0.717) is 16.3 Å². The molecule has 5 nitrogen and oxygen atoms in total. The van der Waals surface area contributed by atoms with Crippen LogP contribution < -0.4 is 16.0 Å². The summed E-state index contributed by atoms with van der Waals surface area (Å²) in [5, 5.41) is 9.05. The average Bonchev–Trinajstić information content (AvgIpc) is 2.59. The molecule has 1 aliphatic heterocycles. The standard InChI is InChI=1S/C20H20ClN3O2/c1-11-5-4-6-16(12(11)2)23-19(25)17-13(3)22-20(26)24-18(17)14-7-9-15(21)10-8-14/h4-10,18H,1-3H3,(H,23,25)(H2,22,24,26). The summed E-state index contributed by atoms with van der Waals surface area (Å²) < 4.78 is 0. The molecule has 0 aliphatic carbocycles. The van der Waals surface area contributed by atoms with Gasteiger partial charge in [-0.15, -0.1) is 0 Å². The van der Waals surface area contributed by atoms with E-state index in [0.717, 1.165) is 22.4 Å². The Morgan fingerprint density at radius 2 is 1.77 bits per heavy atom. The first-order valence-electron chi connectivity index (χ1n) is 8.28. The summed E-state index contributed by atoms with van der Waals surface area (Å²) in [4.78, 5) is 24.9. The Hall–Kier alpha value is -2.79. The first-order valence-corrected chi connectivity index (χ1v) is 8.66. The number of allylic oxidation sites excluding steroid dienone is 1. The van der Waals surface area contributed by atoms with Crippen LogP contribution in [0.2, 0.25) is 5.02 Å². The molecule has 2 aromatic carbocycles. The van der Waals surface area contributed by atoms with E-state index in [1.807, 2.05) is 32.0 Å². The molecular formula is C20H20ClN3O2. The van der Waals surface area contributed by atoms with Crippen LogP contribution >= 0.6 is 11.6 Å². The predicted octanol–water partition coefficient (Wildman–Crippen LogP) is 4.22. The van der Waals surface area contributed by atoms with Crippen molar-refractivity contribution in [1.29, 1.82) is 0 Å². The van der Waals surface area contributed by atoms with Crippen LogP contribution in [0, 0.1) is 13.8 Å². The summed E-state index contributed by atoms with van der Waals surface area (Å²) in [6, 6.07) is 11.9. The van der Waals surface area contributed by atoms with Crippen molar-refractivity contribution in [1.82, 2.24) is 10.6 Å². The molecule has 6 heteroatoms. The van der Waals surface area contributed by atoms with Crippen LogP contribution in [0.5, 0.6) is 0 Å². The summed E-state index contributed by atoms with van der Waals surface area (Å²) in [5.41, 5.74) is 4.63. The Bertz CT molecular complexity index is 904. The third-order valence-corrected chi connectivity index (χ3v) is 4.82. The molecule has 134 valence electrons. The molecular weight excluding hydrogens is 350 g/mol. The first kappa shape index (κ1) is 18.0. The van der Waals surface area contributed by atoms with Gasteiger partial charge in [0.15, 0.2) is 0 Å². The van der Waals surface area contributed by atoms with E-state index in [-0.39, 0.29) is 11.9 Å². The maximum atomic E-state index is 13.0. The van der Waals surface area contributed by atoms with Crippen molar-refractivity contribution in [3.05, 3.63) is 75.4 Å². The minimum Gasteiger partial charge on any atom is -0.327 e. The lowest BCUT2D eigenvalue weighted by molar-refractivity contribution is -0.113. The van der Waals surface area contributed by atoms with E-state index in [1.54, 1.807) is 31.2 Å². The Morgan fingerprint density at radius 1 is 1.08 bits per heavy atom. The summed E-state index contributed by atoms with van der Waals surface area (Å²) in [7, 11) is 0. The van der Waals surface area contributed by atoms with Crippen molar-refractivity contribution >= 4 is 29.2 Å². The van der Waals surface area contributed by atoms with Gasteiger partial charge in [0, 0.05) is 16.4 Å². The van der Waals surface area contributed by atoms with Gasteiger partial charge in [-0.3, -0.25) is 4.79 Å². The van der Waals surface area contributed by atoms with Gasteiger partial charge in [0.1, 0.15) is 0 Å². The lowest BCUT2D eigenvalue weighted by atomic mass is 9.94. The second-order valence-corrected chi connectivity index (χ2v) is 6.76. The second kappa shape index (κ2) is 7.22. The number of aryl methyl sites for hydroxylation is 1. The van der Waals surface area contributed by atoms with Gasteiger partial charge in [-0.25, -0.2) is 4.79 Å². The molecule has 3 rings (SSSR count). The van der Waals surface area contributed by atoms with E-state index in [4.69, 9.17) is 11.6 Å². The number of benzene rings is 2. The fourth-order valence-electron chi connectivity index (χ4n) is 2.98. The number of rotatable bonds is 3. The van der Waals surface area contributed by atoms with Gasteiger partial charge in [0.05, 0.1) is 11.6 Å². The molecule has 0 saturated heterocycles. The number of anilines is 1. The van der Waals surface area contributed by atoms with Crippen LogP contribution in [0.25, 0.3) is 0 Å². The van der Waals surface area contributed by atoms with Crippen LogP contribution in [0.3, 0.4) is 0 Å². The monoisotopic (exact) mass is 369 g/mol. The molecule has 0 bridgehead atoms. The van der Waals surface area contributed by atoms with E-state index < -0.39 is 6.04 Å². The zero-order valence-electron chi connectivity index (χ0n) is 14.8. The van der Waals surface area contributed by atoms with Gasteiger partial charge in [0.25, 0.3) is 5.91 Å². The number of urea groups is 1. The lowest BCUT2D eigenvalue weighted by Gasteiger charge is -2.29. The molecule has 0 radical (unpaired) electrons. The molecule has 3 amide bonds. The van der Waals surface area contributed by atoms with Crippen LogP contribution in [-0.2, 0) is 4.79 Å². The van der Waals surface area contributed by atoms with Crippen molar-refractivity contribution in [2.45, 2.75) is 26.8 Å². The smallest absolute Gasteiger partial charge is 0.319 e. The SMILES string of the molecule is CC1=C(C(=O)Nc2cccc(C)c2C)C(c2ccc(Cl)cc2)NC(=O)N1. The number of amides is 3. The van der Waals surface area contributed by atoms with E-state index in [9.17, 15) is 9.59 Å². The normalized spacial score (nSPS) is 16.8. The highest BCUT2D eigenvalue weighted by molar-refractivity contribution is 6.30. The fraction of sp³-hybridized carbons (Fsp3) is 0.200. The van der Waals surface area contributed by atoms with Crippen LogP contribution in [0.1, 0.15) is 29.7 Å². The maximum absolute atomic E-state index is 13.0. The minimum atomic E-state index is -0.550. The minimum absolute atomic E-state index is 0.261. The molecule has 0 spiro atoms. The van der Waals surface area contributed by atoms with Crippen molar-refractivity contribution in [3.63, 3.8) is 0 Å². The molecule has 1 unspecified atom stereocenters. The third kappa shape index (κ3) is 3.58. The third-order valence-electron chi connectivity index (χ3n) is 4.57. The molecule has 26 heavy (non-hydrogen) atoms. The fourth-order valence-corrected chi connectivity index (χ4v) is 3.10. The molecule has 1 aliphatic rings. The number of carbonyl (C=O) groups excluding carboxylic acids is 2. The Labute approximate surface area is 157 Å². The Balaban J connectivity index is 1.96.